The molecule has 0 atom stereocenters. The van der Waals surface area contributed by atoms with Crippen LogP contribution in [0.1, 0.15) is 30.9 Å². The number of aryl methyl sites for hydroxylation is 1. The third-order valence-corrected chi connectivity index (χ3v) is 4.95. The summed E-state index contributed by atoms with van der Waals surface area (Å²) in [4.78, 5) is 16.8. The molecule has 2 aromatic rings. The lowest BCUT2D eigenvalue weighted by Gasteiger charge is -2.38. The van der Waals surface area contributed by atoms with Crippen molar-refractivity contribution in [2.75, 3.05) is 37.7 Å². The van der Waals surface area contributed by atoms with E-state index in [0.29, 0.717) is 5.92 Å². The summed E-state index contributed by atoms with van der Waals surface area (Å²) < 4.78 is 5.60. The number of hydrogen-bond donors (Lipinski definition) is 0. The van der Waals surface area contributed by atoms with Crippen LogP contribution in [0.3, 0.4) is 0 Å². The van der Waals surface area contributed by atoms with Gasteiger partial charge in [0.1, 0.15) is 5.75 Å². The Bertz CT molecular complexity index is 735. The van der Waals surface area contributed by atoms with E-state index in [0.717, 1.165) is 31.9 Å². The minimum atomic E-state index is 0.0577. The van der Waals surface area contributed by atoms with E-state index in [1.807, 2.05) is 35.2 Å². The van der Waals surface area contributed by atoms with Gasteiger partial charge in [0.25, 0.3) is 5.91 Å². The highest BCUT2D eigenvalue weighted by molar-refractivity contribution is 5.78. The largest absolute Gasteiger partial charge is 0.484 e. The summed E-state index contributed by atoms with van der Waals surface area (Å²) in [6.07, 6.45) is 0. The number of carbonyl (C=O) groups excluding carboxylic acids is 1. The minimum Gasteiger partial charge on any atom is -0.484 e. The van der Waals surface area contributed by atoms with E-state index >= 15 is 0 Å². The van der Waals surface area contributed by atoms with Crippen molar-refractivity contribution in [3.8, 4) is 5.75 Å². The Kier molecular flexibility index (Phi) is 5.82. The van der Waals surface area contributed by atoms with Crippen LogP contribution in [0, 0.1) is 6.92 Å². The second-order valence-corrected chi connectivity index (χ2v) is 7.14. The molecule has 0 aromatic heterocycles. The highest BCUT2D eigenvalue weighted by Crippen LogP contribution is 2.31. The average molecular weight is 352 g/mol. The molecular weight excluding hydrogens is 324 g/mol. The van der Waals surface area contributed by atoms with E-state index in [1.165, 1.54) is 16.8 Å². The van der Waals surface area contributed by atoms with E-state index in [-0.39, 0.29) is 12.5 Å². The van der Waals surface area contributed by atoms with E-state index in [1.54, 1.807) is 0 Å². The van der Waals surface area contributed by atoms with Gasteiger partial charge in [0, 0.05) is 31.9 Å². The maximum atomic E-state index is 12.4. The molecule has 1 saturated heterocycles. The molecule has 0 spiro atoms. The Hall–Kier alpha value is -2.49. The predicted molar refractivity (Wildman–Crippen MR) is 106 cm³/mol. The molecule has 3 rings (SSSR count). The minimum absolute atomic E-state index is 0.0577. The van der Waals surface area contributed by atoms with E-state index in [2.05, 4.69) is 43.9 Å². The summed E-state index contributed by atoms with van der Waals surface area (Å²) in [7, 11) is 0. The first kappa shape index (κ1) is 18.3. The van der Waals surface area contributed by atoms with Crippen molar-refractivity contribution in [3.05, 3.63) is 59.7 Å². The Balaban J connectivity index is 1.58. The number of piperazine rings is 1. The standard InChI is InChI=1S/C22H28N2O2/c1-17(2)20-11-7-8-18(3)22(20)24-14-12-23(13-15-24)21(25)16-26-19-9-5-4-6-10-19/h4-11,17H,12-16H2,1-3H3. The zero-order valence-corrected chi connectivity index (χ0v) is 15.9. The van der Waals surface area contributed by atoms with E-state index in [9.17, 15) is 4.79 Å². The summed E-state index contributed by atoms with van der Waals surface area (Å²) in [5.41, 5.74) is 4.04. The fourth-order valence-electron chi connectivity index (χ4n) is 3.51. The number of rotatable bonds is 5. The molecule has 0 aliphatic carbocycles. The monoisotopic (exact) mass is 352 g/mol. The molecule has 1 aliphatic rings. The smallest absolute Gasteiger partial charge is 0.260 e. The first-order chi connectivity index (χ1) is 12.6. The van der Waals surface area contributed by atoms with Gasteiger partial charge in [-0.05, 0) is 36.1 Å². The normalized spacial score (nSPS) is 14.6. The summed E-state index contributed by atoms with van der Waals surface area (Å²) in [6, 6.07) is 16.0. The van der Waals surface area contributed by atoms with Crippen LogP contribution in [0.5, 0.6) is 5.75 Å². The second kappa shape index (κ2) is 8.26. The molecule has 2 aromatic carbocycles. The van der Waals surface area contributed by atoms with Crippen molar-refractivity contribution in [2.45, 2.75) is 26.7 Å². The zero-order valence-electron chi connectivity index (χ0n) is 15.9. The van der Waals surface area contributed by atoms with Gasteiger partial charge in [-0.15, -0.1) is 0 Å². The third-order valence-electron chi connectivity index (χ3n) is 4.95. The fraction of sp³-hybridized carbons (Fsp3) is 0.409. The van der Waals surface area contributed by atoms with Crippen molar-refractivity contribution in [2.24, 2.45) is 0 Å². The number of hydrogen-bond acceptors (Lipinski definition) is 3. The molecule has 26 heavy (non-hydrogen) atoms. The second-order valence-electron chi connectivity index (χ2n) is 7.14. The Morgan fingerprint density at radius 3 is 2.35 bits per heavy atom. The van der Waals surface area contributed by atoms with Crippen LogP contribution in [0.15, 0.2) is 48.5 Å². The fourth-order valence-corrected chi connectivity index (χ4v) is 3.51. The molecule has 1 fully saturated rings. The Morgan fingerprint density at radius 1 is 1.00 bits per heavy atom. The van der Waals surface area contributed by atoms with Crippen molar-refractivity contribution < 1.29 is 9.53 Å². The number of anilines is 1. The molecule has 0 N–H and O–H groups in total. The van der Waals surface area contributed by atoms with Crippen LogP contribution < -0.4 is 9.64 Å². The van der Waals surface area contributed by atoms with Crippen LogP contribution >= 0.6 is 0 Å². The SMILES string of the molecule is Cc1cccc(C(C)C)c1N1CCN(C(=O)COc2ccccc2)CC1. The van der Waals surface area contributed by atoms with Crippen LogP contribution in [0.25, 0.3) is 0 Å². The van der Waals surface area contributed by atoms with Gasteiger partial charge >= 0.3 is 0 Å². The van der Waals surface area contributed by atoms with Crippen LogP contribution in [-0.4, -0.2) is 43.6 Å². The van der Waals surface area contributed by atoms with Gasteiger partial charge in [-0.2, -0.15) is 0 Å². The molecule has 4 heteroatoms. The number of ether oxygens (including phenoxy) is 1. The third kappa shape index (κ3) is 4.18. The Morgan fingerprint density at radius 2 is 1.69 bits per heavy atom. The van der Waals surface area contributed by atoms with Crippen LogP contribution in [0.2, 0.25) is 0 Å². The Labute approximate surface area is 156 Å². The van der Waals surface area contributed by atoms with Crippen LogP contribution in [-0.2, 0) is 4.79 Å². The lowest BCUT2D eigenvalue weighted by Crippen LogP contribution is -2.50. The number of benzene rings is 2. The van der Waals surface area contributed by atoms with Crippen molar-refractivity contribution in [1.82, 2.24) is 4.90 Å². The molecule has 138 valence electrons. The zero-order chi connectivity index (χ0) is 18.5. The molecule has 0 unspecified atom stereocenters. The van der Waals surface area contributed by atoms with Gasteiger partial charge in [-0.25, -0.2) is 0 Å². The average Bonchev–Trinajstić information content (AvgIpc) is 2.67. The van der Waals surface area contributed by atoms with Crippen molar-refractivity contribution in [3.63, 3.8) is 0 Å². The molecule has 1 amide bonds. The molecule has 1 aliphatic heterocycles. The summed E-state index contributed by atoms with van der Waals surface area (Å²) >= 11 is 0. The molecular formula is C22H28N2O2. The van der Waals surface area contributed by atoms with Gasteiger partial charge in [0.05, 0.1) is 0 Å². The first-order valence-corrected chi connectivity index (χ1v) is 9.36. The number of amides is 1. The topological polar surface area (TPSA) is 32.8 Å². The molecule has 0 radical (unpaired) electrons. The molecule has 0 saturated carbocycles. The number of nitrogens with zero attached hydrogens (tertiary/aromatic N) is 2. The van der Waals surface area contributed by atoms with Gasteiger partial charge in [0.15, 0.2) is 6.61 Å². The number of carbonyl (C=O) groups is 1. The van der Waals surface area contributed by atoms with Crippen molar-refractivity contribution >= 4 is 11.6 Å². The quantitative estimate of drug-likeness (QED) is 0.819. The summed E-state index contributed by atoms with van der Waals surface area (Å²) in [6.45, 7) is 9.95. The molecule has 4 nitrogen and oxygen atoms in total. The van der Waals surface area contributed by atoms with Gasteiger partial charge in [-0.3, -0.25) is 4.79 Å². The number of para-hydroxylation sites is 2. The highest BCUT2D eigenvalue weighted by Gasteiger charge is 2.24. The molecule has 0 bridgehead atoms. The predicted octanol–water partition coefficient (Wildman–Crippen LogP) is 3.85. The van der Waals surface area contributed by atoms with E-state index < -0.39 is 0 Å². The maximum absolute atomic E-state index is 12.4. The van der Waals surface area contributed by atoms with E-state index in [4.69, 9.17) is 4.74 Å². The van der Waals surface area contributed by atoms with Gasteiger partial charge < -0.3 is 14.5 Å². The van der Waals surface area contributed by atoms with Gasteiger partial charge in [0.2, 0.25) is 0 Å². The first-order valence-electron chi connectivity index (χ1n) is 9.36. The lowest BCUT2D eigenvalue weighted by atomic mass is 9.97. The summed E-state index contributed by atoms with van der Waals surface area (Å²) in [5.74, 6) is 1.28. The van der Waals surface area contributed by atoms with Crippen molar-refractivity contribution in [1.29, 1.82) is 0 Å². The highest BCUT2D eigenvalue weighted by atomic mass is 16.5. The summed E-state index contributed by atoms with van der Waals surface area (Å²) in [5, 5.41) is 0. The van der Waals surface area contributed by atoms with Gasteiger partial charge in [-0.1, -0.05) is 50.2 Å². The maximum Gasteiger partial charge on any atom is 0.260 e. The molecule has 1 heterocycles. The van der Waals surface area contributed by atoms with Crippen LogP contribution in [0.4, 0.5) is 5.69 Å². The lowest BCUT2D eigenvalue weighted by molar-refractivity contribution is -0.133.